The van der Waals surface area contributed by atoms with E-state index in [2.05, 4.69) is 20.5 Å². The first-order chi connectivity index (χ1) is 14.8. The molecule has 0 bridgehead atoms. The molecule has 0 saturated carbocycles. The van der Waals surface area contributed by atoms with Gasteiger partial charge in [0.05, 0.1) is 18.8 Å². The molecular formula is C22H43FN3O4P. The second-order valence-corrected chi connectivity index (χ2v) is 10.4. The van der Waals surface area contributed by atoms with Gasteiger partial charge in [-0.3, -0.25) is 9.36 Å². The van der Waals surface area contributed by atoms with Gasteiger partial charge in [0.15, 0.2) is 0 Å². The summed E-state index contributed by atoms with van der Waals surface area (Å²) in [5.41, 5.74) is 0. The molecular weight excluding hydrogens is 420 g/mol. The van der Waals surface area contributed by atoms with Crippen molar-refractivity contribution in [3.63, 3.8) is 0 Å². The van der Waals surface area contributed by atoms with Gasteiger partial charge in [-0.25, -0.2) is 4.79 Å². The van der Waals surface area contributed by atoms with E-state index in [-0.39, 0.29) is 36.8 Å². The van der Waals surface area contributed by atoms with E-state index in [0.717, 1.165) is 77.2 Å². The quantitative estimate of drug-likeness (QED) is 0.175. The van der Waals surface area contributed by atoms with Crippen LogP contribution in [0, 0.1) is 0 Å². The molecule has 1 heterocycles. The Hall–Kier alpha value is -1.14. The van der Waals surface area contributed by atoms with E-state index in [1.54, 1.807) is 6.92 Å². The van der Waals surface area contributed by atoms with Crippen LogP contribution in [0.2, 0.25) is 0 Å². The molecule has 0 aromatic carbocycles. The summed E-state index contributed by atoms with van der Waals surface area (Å²) in [6.07, 6.45) is 12.5. The normalized spacial score (nSPS) is 20.2. The molecule has 182 valence electrons. The van der Waals surface area contributed by atoms with Crippen molar-refractivity contribution in [1.29, 1.82) is 0 Å². The van der Waals surface area contributed by atoms with Crippen molar-refractivity contribution in [3.05, 3.63) is 0 Å². The Labute approximate surface area is 187 Å². The predicted octanol–water partition coefficient (Wildman–Crippen LogP) is 5.44. The zero-order valence-corrected chi connectivity index (χ0v) is 20.3. The van der Waals surface area contributed by atoms with E-state index in [1.807, 2.05) is 6.92 Å². The van der Waals surface area contributed by atoms with E-state index < -0.39 is 7.68 Å². The molecule has 1 aliphatic rings. The molecule has 0 aromatic heterocycles. The van der Waals surface area contributed by atoms with Gasteiger partial charge in [-0.05, 0) is 39.5 Å². The highest BCUT2D eigenvalue weighted by Crippen LogP contribution is 2.49. The van der Waals surface area contributed by atoms with Crippen LogP contribution in [0.1, 0.15) is 97.3 Å². The second kappa shape index (κ2) is 16.5. The molecule has 31 heavy (non-hydrogen) atoms. The molecule has 7 nitrogen and oxygen atoms in total. The van der Waals surface area contributed by atoms with E-state index in [0.29, 0.717) is 12.8 Å². The molecule has 3 atom stereocenters. The smallest absolute Gasteiger partial charge is 0.356 e. The van der Waals surface area contributed by atoms with Gasteiger partial charge < -0.3 is 20.5 Å². The Bertz CT molecular complexity index is 565. The van der Waals surface area contributed by atoms with Gasteiger partial charge in [0.25, 0.3) is 0 Å². The molecule has 3 N–H and O–H groups in total. The molecule has 1 unspecified atom stereocenters. The fraction of sp³-hybridized carbons (Fsp3) is 0.909. The summed E-state index contributed by atoms with van der Waals surface area (Å²) in [6, 6.07) is 0.300. The predicted molar refractivity (Wildman–Crippen MR) is 123 cm³/mol. The number of carbonyl (C=O) groups excluding carboxylic acids is 2. The van der Waals surface area contributed by atoms with Gasteiger partial charge in [0.2, 0.25) is 5.91 Å². The summed E-state index contributed by atoms with van der Waals surface area (Å²) in [6.45, 7) is 4.56. The Morgan fingerprint density at radius 1 is 1.00 bits per heavy atom. The Morgan fingerprint density at radius 3 is 2.23 bits per heavy atom. The second-order valence-electron chi connectivity index (χ2n) is 8.52. The number of amides is 3. The zero-order chi connectivity index (χ0) is 23.0. The lowest BCUT2D eigenvalue weighted by atomic mass is 10.0. The van der Waals surface area contributed by atoms with Crippen LogP contribution in [0.4, 0.5) is 8.99 Å². The van der Waals surface area contributed by atoms with Crippen LogP contribution in [-0.4, -0.2) is 43.3 Å². The number of rotatable bonds is 19. The number of hydrogen-bond donors (Lipinski definition) is 3. The minimum atomic E-state index is -3.85. The van der Waals surface area contributed by atoms with Crippen LogP contribution in [0.5, 0.6) is 0 Å². The van der Waals surface area contributed by atoms with Crippen molar-refractivity contribution in [1.82, 2.24) is 16.0 Å². The number of urea groups is 1. The van der Waals surface area contributed by atoms with Crippen LogP contribution in [-0.2, 0) is 13.9 Å². The Kier molecular flexibility index (Phi) is 14.8. The number of carbonyl (C=O) groups is 2. The van der Waals surface area contributed by atoms with E-state index in [9.17, 15) is 18.4 Å². The molecule has 0 aromatic rings. The first-order valence-electron chi connectivity index (χ1n) is 12.1. The van der Waals surface area contributed by atoms with Crippen LogP contribution in [0.15, 0.2) is 0 Å². The van der Waals surface area contributed by atoms with E-state index in [4.69, 9.17) is 0 Å². The fourth-order valence-corrected chi connectivity index (χ4v) is 4.97. The van der Waals surface area contributed by atoms with Crippen molar-refractivity contribution in [3.8, 4) is 0 Å². The zero-order valence-electron chi connectivity index (χ0n) is 19.4. The van der Waals surface area contributed by atoms with Crippen LogP contribution in [0.25, 0.3) is 0 Å². The third-order valence-electron chi connectivity index (χ3n) is 5.69. The maximum Gasteiger partial charge on any atom is 0.367 e. The number of unbranched alkanes of at least 4 members (excludes halogenated alkanes) is 9. The SMILES string of the molecule is CCOP(=O)(F)CCCCCCCCCCNC(=O)CCCCC[C@H]1NC(=O)N[C@H]1C. The topological polar surface area (TPSA) is 96.5 Å². The molecule has 0 radical (unpaired) electrons. The lowest BCUT2D eigenvalue weighted by Gasteiger charge is -2.13. The molecule has 3 amide bonds. The number of halogens is 1. The summed E-state index contributed by atoms with van der Waals surface area (Å²) in [5, 5.41) is 8.75. The fourth-order valence-electron chi connectivity index (χ4n) is 3.85. The minimum Gasteiger partial charge on any atom is -0.356 e. The lowest BCUT2D eigenvalue weighted by Crippen LogP contribution is -2.30. The maximum atomic E-state index is 13.4. The largest absolute Gasteiger partial charge is 0.367 e. The summed E-state index contributed by atoms with van der Waals surface area (Å²) in [4.78, 5) is 23.1. The van der Waals surface area contributed by atoms with Gasteiger partial charge in [-0.1, -0.05) is 51.4 Å². The highest BCUT2D eigenvalue weighted by molar-refractivity contribution is 7.53. The number of hydrogen-bond acceptors (Lipinski definition) is 4. The van der Waals surface area contributed by atoms with E-state index in [1.165, 1.54) is 0 Å². The molecule has 1 fully saturated rings. The van der Waals surface area contributed by atoms with Gasteiger partial charge in [0.1, 0.15) is 0 Å². The average Bonchev–Trinajstić information content (AvgIpc) is 3.02. The van der Waals surface area contributed by atoms with Gasteiger partial charge in [-0.2, -0.15) is 4.20 Å². The summed E-state index contributed by atoms with van der Waals surface area (Å²) >= 11 is 0. The third kappa shape index (κ3) is 14.5. The molecule has 0 aliphatic carbocycles. The van der Waals surface area contributed by atoms with Gasteiger partial charge in [0, 0.05) is 19.0 Å². The maximum absolute atomic E-state index is 13.4. The van der Waals surface area contributed by atoms with Crippen molar-refractivity contribution < 1.29 is 22.9 Å². The first kappa shape index (κ1) is 27.9. The van der Waals surface area contributed by atoms with Crippen molar-refractivity contribution in [2.75, 3.05) is 19.3 Å². The van der Waals surface area contributed by atoms with Crippen LogP contribution < -0.4 is 16.0 Å². The standard InChI is InChI=1S/C22H43FN3O4P/c1-3-30-31(23,29)18-14-9-7-5-4-6-8-13-17-24-21(27)16-12-10-11-15-20-19(2)25-22(28)26-20/h19-20H,3-18H2,1-2H3,(H,24,27)(H2,25,26,28)/t19-,20+,31?/m0/s1. The molecule has 1 saturated heterocycles. The van der Waals surface area contributed by atoms with Crippen molar-refractivity contribution in [2.24, 2.45) is 0 Å². The van der Waals surface area contributed by atoms with E-state index >= 15 is 0 Å². The molecule has 1 aliphatic heterocycles. The van der Waals surface area contributed by atoms with Gasteiger partial charge >= 0.3 is 13.7 Å². The molecule has 0 spiro atoms. The van der Waals surface area contributed by atoms with Crippen molar-refractivity contribution in [2.45, 2.75) is 109 Å². The monoisotopic (exact) mass is 463 g/mol. The highest BCUT2D eigenvalue weighted by atomic mass is 31.2. The Morgan fingerprint density at radius 2 is 1.61 bits per heavy atom. The van der Waals surface area contributed by atoms with Gasteiger partial charge in [-0.15, -0.1) is 0 Å². The molecule has 1 rings (SSSR count). The third-order valence-corrected chi connectivity index (χ3v) is 7.19. The average molecular weight is 464 g/mol. The van der Waals surface area contributed by atoms with Crippen LogP contribution >= 0.6 is 7.68 Å². The number of nitrogens with one attached hydrogen (secondary N) is 3. The molecule has 9 heteroatoms. The summed E-state index contributed by atoms with van der Waals surface area (Å²) < 4.78 is 29.3. The first-order valence-corrected chi connectivity index (χ1v) is 13.8. The summed E-state index contributed by atoms with van der Waals surface area (Å²) in [5.74, 6) is 0.126. The summed E-state index contributed by atoms with van der Waals surface area (Å²) in [7, 11) is -3.85. The van der Waals surface area contributed by atoms with Crippen molar-refractivity contribution >= 4 is 19.6 Å². The lowest BCUT2D eigenvalue weighted by molar-refractivity contribution is -0.121. The highest BCUT2D eigenvalue weighted by Gasteiger charge is 2.26. The minimum absolute atomic E-state index is 0.0377. The Balaban J connectivity index is 1.82. The van der Waals surface area contributed by atoms with Crippen LogP contribution in [0.3, 0.4) is 0 Å².